The molecule has 0 saturated heterocycles. The fraction of sp³-hybridized carbons (Fsp3) is 0.188. The van der Waals surface area contributed by atoms with E-state index in [1.807, 2.05) is 0 Å². The van der Waals surface area contributed by atoms with E-state index in [2.05, 4.69) is 26.2 Å². The summed E-state index contributed by atoms with van der Waals surface area (Å²) in [7, 11) is 1.27. The normalized spacial score (nSPS) is 10.2. The summed E-state index contributed by atoms with van der Waals surface area (Å²) in [6, 6.07) is 7.87. The third-order valence-corrected chi connectivity index (χ3v) is 3.67. The minimum atomic E-state index is -0.542. The molecule has 0 radical (unpaired) electrons. The van der Waals surface area contributed by atoms with Gasteiger partial charge in [0.1, 0.15) is 5.82 Å². The maximum Gasteiger partial charge on any atom is 0.339 e. The van der Waals surface area contributed by atoms with Gasteiger partial charge in [-0.2, -0.15) is 0 Å². The summed E-state index contributed by atoms with van der Waals surface area (Å²) in [5, 5.41) is 2.50. The van der Waals surface area contributed by atoms with E-state index in [1.54, 1.807) is 24.3 Å². The first-order valence-electron chi connectivity index (χ1n) is 6.73. The Morgan fingerprint density at radius 1 is 1.39 bits per heavy atom. The molecule has 2 rings (SSSR count). The Hall–Kier alpha value is -2.28. The number of pyridine rings is 1. The van der Waals surface area contributed by atoms with E-state index in [9.17, 15) is 14.0 Å². The van der Waals surface area contributed by atoms with Crippen LogP contribution in [0.5, 0.6) is 0 Å². The lowest BCUT2D eigenvalue weighted by Crippen LogP contribution is -2.15. The molecule has 120 valence electrons. The summed E-state index contributed by atoms with van der Waals surface area (Å²) in [4.78, 5) is 26.6. The maximum absolute atomic E-state index is 14.0. The van der Waals surface area contributed by atoms with E-state index in [0.717, 1.165) is 0 Å². The van der Waals surface area contributed by atoms with Crippen LogP contribution in [0.1, 0.15) is 27.3 Å². The van der Waals surface area contributed by atoms with E-state index in [1.165, 1.54) is 13.2 Å². The lowest BCUT2D eigenvalue weighted by molar-refractivity contribution is -0.109. The zero-order chi connectivity index (χ0) is 16.8. The average molecular weight is 381 g/mol. The summed E-state index contributed by atoms with van der Waals surface area (Å²) in [6.07, 6.45) is 0.697. The standard InChI is InChI=1S/C16H14BrFN2O3/c1-23-16(22)13-5-4-12(8-19-9-21)20-15(13)6-10-2-3-11(17)7-14(10)18/h2-5,7,9H,6,8H2,1H3,(H,19,21). The number of halogens is 2. The number of carbonyl (C=O) groups is 2. The monoisotopic (exact) mass is 380 g/mol. The Labute approximate surface area is 141 Å². The second-order valence-electron chi connectivity index (χ2n) is 4.70. The average Bonchev–Trinajstić information content (AvgIpc) is 2.55. The van der Waals surface area contributed by atoms with E-state index in [-0.39, 0.29) is 18.5 Å². The number of hydrogen-bond donors (Lipinski definition) is 1. The molecular weight excluding hydrogens is 367 g/mol. The largest absolute Gasteiger partial charge is 0.465 e. The number of ether oxygens (including phenoxy) is 1. The SMILES string of the molecule is COC(=O)c1ccc(CNC=O)nc1Cc1ccc(Br)cc1F. The molecule has 0 aliphatic rings. The number of carbonyl (C=O) groups excluding carboxylic acids is 2. The molecule has 7 heteroatoms. The molecule has 5 nitrogen and oxygen atoms in total. The highest BCUT2D eigenvalue weighted by Crippen LogP contribution is 2.20. The Bertz CT molecular complexity index is 737. The number of hydrogen-bond acceptors (Lipinski definition) is 4. The van der Waals surface area contributed by atoms with Gasteiger partial charge in [-0.15, -0.1) is 0 Å². The Balaban J connectivity index is 2.39. The van der Waals surface area contributed by atoms with E-state index < -0.39 is 11.8 Å². The zero-order valence-electron chi connectivity index (χ0n) is 12.3. The van der Waals surface area contributed by atoms with Crippen LogP contribution in [-0.2, 0) is 22.5 Å². The summed E-state index contributed by atoms with van der Waals surface area (Å²) < 4.78 is 19.4. The molecule has 0 unspecified atom stereocenters. The van der Waals surface area contributed by atoms with Gasteiger partial charge in [0.2, 0.25) is 6.41 Å². The maximum atomic E-state index is 14.0. The molecule has 0 bridgehead atoms. The van der Waals surface area contributed by atoms with Gasteiger partial charge < -0.3 is 10.1 Å². The van der Waals surface area contributed by atoms with Crippen molar-refractivity contribution in [3.8, 4) is 0 Å². The molecule has 0 aliphatic carbocycles. The molecule has 1 heterocycles. The van der Waals surface area contributed by atoms with Crippen molar-refractivity contribution >= 4 is 28.3 Å². The highest BCUT2D eigenvalue weighted by Gasteiger charge is 2.16. The van der Waals surface area contributed by atoms with Crippen molar-refractivity contribution in [2.75, 3.05) is 7.11 Å². The van der Waals surface area contributed by atoms with Crippen molar-refractivity contribution in [2.24, 2.45) is 0 Å². The van der Waals surface area contributed by atoms with Crippen LogP contribution in [0.2, 0.25) is 0 Å². The van der Waals surface area contributed by atoms with Crippen LogP contribution in [0.15, 0.2) is 34.8 Å². The Morgan fingerprint density at radius 3 is 2.83 bits per heavy atom. The van der Waals surface area contributed by atoms with Gasteiger partial charge in [-0.25, -0.2) is 9.18 Å². The van der Waals surface area contributed by atoms with Gasteiger partial charge >= 0.3 is 5.97 Å². The minimum absolute atomic E-state index is 0.137. The first-order valence-corrected chi connectivity index (χ1v) is 7.52. The summed E-state index contributed by atoms with van der Waals surface area (Å²) in [5.74, 6) is -0.937. The molecule has 1 N–H and O–H groups in total. The first kappa shape index (κ1) is 17.1. The van der Waals surface area contributed by atoms with Crippen molar-refractivity contribution in [1.82, 2.24) is 10.3 Å². The lowest BCUT2D eigenvalue weighted by atomic mass is 10.0. The second kappa shape index (κ2) is 7.82. The number of benzene rings is 1. The molecule has 1 amide bonds. The third-order valence-electron chi connectivity index (χ3n) is 3.18. The highest BCUT2D eigenvalue weighted by molar-refractivity contribution is 9.10. The van der Waals surface area contributed by atoms with Gasteiger partial charge in [-0.05, 0) is 29.8 Å². The van der Waals surface area contributed by atoms with Crippen LogP contribution in [0, 0.1) is 5.82 Å². The van der Waals surface area contributed by atoms with Crippen molar-refractivity contribution in [3.63, 3.8) is 0 Å². The molecule has 0 atom stereocenters. The first-order chi connectivity index (χ1) is 11.0. The Morgan fingerprint density at radius 2 is 2.17 bits per heavy atom. The van der Waals surface area contributed by atoms with Crippen LogP contribution < -0.4 is 5.32 Å². The van der Waals surface area contributed by atoms with E-state index in [0.29, 0.717) is 27.8 Å². The molecule has 0 spiro atoms. The summed E-state index contributed by atoms with van der Waals surface area (Å²) in [6.45, 7) is 0.223. The van der Waals surface area contributed by atoms with Crippen LogP contribution in [-0.4, -0.2) is 24.5 Å². The number of nitrogens with zero attached hydrogens (tertiary/aromatic N) is 1. The molecule has 1 aromatic heterocycles. The Kier molecular flexibility index (Phi) is 5.81. The molecule has 23 heavy (non-hydrogen) atoms. The summed E-state index contributed by atoms with van der Waals surface area (Å²) >= 11 is 3.20. The number of aromatic nitrogens is 1. The predicted molar refractivity (Wildman–Crippen MR) is 85.4 cm³/mol. The van der Waals surface area contributed by atoms with Crippen molar-refractivity contribution < 1.29 is 18.7 Å². The summed E-state index contributed by atoms with van der Waals surface area (Å²) in [5.41, 5.74) is 1.64. The molecule has 0 fully saturated rings. The fourth-order valence-corrected chi connectivity index (χ4v) is 2.40. The van der Waals surface area contributed by atoms with Gasteiger partial charge in [-0.1, -0.05) is 22.0 Å². The van der Waals surface area contributed by atoms with Gasteiger partial charge in [-0.3, -0.25) is 9.78 Å². The smallest absolute Gasteiger partial charge is 0.339 e. The lowest BCUT2D eigenvalue weighted by Gasteiger charge is -2.10. The predicted octanol–water partition coefficient (Wildman–Crippen LogP) is 2.61. The van der Waals surface area contributed by atoms with E-state index in [4.69, 9.17) is 4.74 Å². The molecule has 2 aromatic rings. The number of esters is 1. The number of rotatable bonds is 6. The van der Waals surface area contributed by atoms with Crippen LogP contribution >= 0.6 is 15.9 Å². The zero-order valence-corrected chi connectivity index (χ0v) is 13.9. The number of methoxy groups -OCH3 is 1. The van der Waals surface area contributed by atoms with Gasteiger partial charge in [0.05, 0.1) is 30.6 Å². The minimum Gasteiger partial charge on any atom is -0.465 e. The molecule has 0 saturated carbocycles. The third kappa shape index (κ3) is 4.35. The topological polar surface area (TPSA) is 68.3 Å². The van der Waals surface area contributed by atoms with Gasteiger partial charge in [0.15, 0.2) is 0 Å². The van der Waals surface area contributed by atoms with Crippen molar-refractivity contribution in [1.29, 1.82) is 0 Å². The van der Waals surface area contributed by atoms with Gasteiger partial charge in [0, 0.05) is 10.9 Å². The second-order valence-corrected chi connectivity index (χ2v) is 5.62. The quantitative estimate of drug-likeness (QED) is 0.617. The van der Waals surface area contributed by atoms with Gasteiger partial charge in [0.25, 0.3) is 0 Å². The fourth-order valence-electron chi connectivity index (χ4n) is 2.07. The van der Waals surface area contributed by atoms with Crippen LogP contribution in [0.3, 0.4) is 0 Å². The molecule has 1 aromatic carbocycles. The number of amides is 1. The van der Waals surface area contributed by atoms with Crippen molar-refractivity contribution in [3.05, 3.63) is 63.1 Å². The number of nitrogens with one attached hydrogen (secondary N) is 1. The van der Waals surface area contributed by atoms with Crippen molar-refractivity contribution in [2.45, 2.75) is 13.0 Å². The van der Waals surface area contributed by atoms with Crippen LogP contribution in [0.4, 0.5) is 4.39 Å². The van der Waals surface area contributed by atoms with E-state index >= 15 is 0 Å². The molecule has 0 aliphatic heterocycles. The molecular formula is C16H14BrFN2O3. The highest BCUT2D eigenvalue weighted by atomic mass is 79.9. The van der Waals surface area contributed by atoms with Crippen LogP contribution in [0.25, 0.3) is 0 Å².